The van der Waals surface area contributed by atoms with Gasteiger partial charge in [-0.15, -0.1) is 0 Å². The van der Waals surface area contributed by atoms with Crippen LogP contribution < -0.4 is 9.80 Å². The van der Waals surface area contributed by atoms with Crippen molar-refractivity contribution in [3.8, 4) is 67.5 Å². The molecule has 6 aromatic heterocycles. The van der Waals surface area contributed by atoms with Crippen molar-refractivity contribution >= 4 is 154 Å². The van der Waals surface area contributed by atoms with Gasteiger partial charge in [0.2, 0.25) is 11.9 Å². The lowest BCUT2D eigenvalue weighted by Gasteiger charge is -2.28. The van der Waals surface area contributed by atoms with E-state index in [9.17, 15) is 0 Å². The van der Waals surface area contributed by atoms with E-state index in [0.29, 0.717) is 0 Å². The van der Waals surface area contributed by atoms with Crippen molar-refractivity contribution in [3.05, 3.63) is 448 Å². The molecular weight excluding hydrogens is 1550 g/mol. The molecule has 0 amide bonds. The summed E-state index contributed by atoms with van der Waals surface area (Å²) in [4.78, 5) is 26.0. The van der Waals surface area contributed by atoms with Gasteiger partial charge >= 0.3 is 0 Å². The van der Waals surface area contributed by atoms with Gasteiger partial charge in [0, 0.05) is 71.9 Å². The van der Waals surface area contributed by atoms with Crippen LogP contribution in [0.2, 0.25) is 0 Å². The molecule has 19 aromatic carbocycles. The van der Waals surface area contributed by atoms with Crippen molar-refractivity contribution in [3.63, 3.8) is 0 Å². The molecule has 26 rings (SSSR count). The van der Waals surface area contributed by atoms with E-state index in [1.165, 1.54) is 93.3 Å². The molecule has 10 nitrogen and oxygen atoms in total. The van der Waals surface area contributed by atoms with E-state index in [4.69, 9.17) is 19.9 Å². The van der Waals surface area contributed by atoms with Gasteiger partial charge in [0.1, 0.15) is 11.3 Å². The van der Waals surface area contributed by atoms with E-state index < -0.39 is 0 Å². The highest BCUT2D eigenvalue weighted by molar-refractivity contribution is 6.24. The Balaban J connectivity index is 0.000000140. The third-order valence-corrected chi connectivity index (χ3v) is 26.2. The van der Waals surface area contributed by atoms with Crippen LogP contribution in [0.4, 0.5) is 34.1 Å². The first-order valence-electron chi connectivity index (χ1n) is 43.4. The summed E-state index contributed by atoms with van der Waals surface area (Å²) >= 11 is 0. The fourth-order valence-corrected chi connectivity index (χ4v) is 20.1. The van der Waals surface area contributed by atoms with Crippen LogP contribution in [-0.4, -0.2) is 37.9 Å². The Labute approximate surface area is 732 Å². The third-order valence-electron chi connectivity index (χ3n) is 26.2. The Bertz CT molecular complexity index is 8710. The SMILES string of the molecule is CC1(C)c2ccccc2-c2ccc(N(c3ccc(-c4ccccc4)cc3)c3ccc(-c4ccc5c(c4)c4c6ccccc6ccc4n5-c4nc5ccccc5c5nc6ccccc6n45)cc3)cc21.c1ccc(-c2ccc(-c3ccc(N(c4ccccc4)c4ccc5c(c4)c4c6ccccc6ccc4n5-c4nc5ccccc5c5nc6ccccc6n45)cc3)cc2)cc1. The highest BCUT2D eigenvalue weighted by Crippen LogP contribution is 2.52. The maximum Gasteiger partial charge on any atom is 0.221 e. The number of imidazole rings is 2. The standard InChI is InChI=1S/C63H43N5.C54H35N5/c1-63(2)53-20-10-8-18-49(53)50-35-34-47(39-54(50)63)66(45-30-24-41(25-31-45)40-14-4-3-5-15-40)46-32-26-42(27-33-46)44-29-36-57-52(38-44)60-48-17-7-6-16-43(48)28-37-59(60)67(57)62-65-55-21-11-9-19-51(55)61-64-56-22-12-13-23-58(56)68(61)62;1-3-13-36(14-4-1)37-23-25-38(26-24-37)39-27-30-42(31-28-39)57(41-16-5-2-6-17-41)43-32-34-49-46(35-43)52-44-18-8-7-15-40(44)29-33-51(52)58(49)54-56-47-20-10-9-19-45(47)53-55-48-21-11-12-22-50(48)59(53)54/h3-39H,1-2H3;1-35H. The van der Waals surface area contributed by atoms with Crippen LogP contribution in [0.1, 0.15) is 25.0 Å². The monoisotopic (exact) mass is 1620 g/mol. The van der Waals surface area contributed by atoms with E-state index in [0.717, 1.165) is 140 Å². The van der Waals surface area contributed by atoms with Gasteiger partial charge in [-0.2, -0.15) is 0 Å². The zero-order valence-electron chi connectivity index (χ0n) is 69.5. The van der Waals surface area contributed by atoms with Gasteiger partial charge in [-0.3, -0.25) is 17.9 Å². The van der Waals surface area contributed by atoms with Gasteiger partial charge in [0.25, 0.3) is 0 Å². The molecule has 10 heteroatoms. The summed E-state index contributed by atoms with van der Waals surface area (Å²) in [6.45, 7) is 4.70. The Morgan fingerprint density at radius 3 is 1.06 bits per heavy atom. The average molecular weight is 1620 g/mol. The number of rotatable bonds is 12. The quantitative estimate of drug-likeness (QED) is 0.121. The summed E-state index contributed by atoms with van der Waals surface area (Å²) in [5.74, 6) is 1.62. The number of nitrogens with zero attached hydrogens (tertiary/aromatic N) is 10. The van der Waals surface area contributed by atoms with Crippen molar-refractivity contribution in [1.29, 1.82) is 0 Å². The molecule has 0 atom stereocenters. The maximum absolute atomic E-state index is 5.44. The molecular formula is C117H78N10. The van der Waals surface area contributed by atoms with Crippen LogP contribution in [0.5, 0.6) is 0 Å². The first-order chi connectivity index (χ1) is 62.7. The highest BCUT2D eigenvalue weighted by Gasteiger charge is 2.36. The Kier molecular flexibility index (Phi) is 16.8. The fourth-order valence-electron chi connectivity index (χ4n) is 20.1. The molecule has 6 heterocycles. The van der Waals surface area contributed by atoms with Gasteiger partial charge in [0.15, 0.2) is 0 Å². The number of hydrogen-bond donors (Lipinski definition) is 0. The summed E-state index contributed by atoms with van der Waals surface area (Å²) in [6.07, 6.45) is 0. The number of para-hydroxylation sites is 7. The molecule has 0 spiro atoms. The summed E-state index contributed by atoms with van der Waals surface area (Å²) in [6, 6.07) is 157. The molecule has 0 fully saturated rings. The maximum atomic E-state index is 5.44. The molecule has 0 unspecified atom stereocenters. The summed E-state index contributed by atoms with van der Waals surface area (Å²) in [5, 5.41) is 11.6. The molecule has 0 aliphatic heterocycles. The minimum Gasteiger partial charge on any atom is -0.310 e. The number of hydrogen-bond acceptors (Lipinski definition) is 6. The van der Waals surface area contributed by atoms with E-state index in [1.54, 1.807) is 0 Å². The summed E-state index contributed by atoms with van der Waals surface area (Å²) in [7, 11) is 0. The van der Waals surface area contributed by atoms with Crippen LogP contribution in [-0.2, 0) is 5.41 Å². The highest BCUT2D eigenvalue weighted by atomic mass is 15.2. The first kappa shape index (κ1) is 72.9. The second-order valence-corrected chi connectivity index (χ2v) is 33.7. The molecule has 0 saturated carbocycles. The van der Waals surface area contributed by atoms with Crippen molar-refractivity contribution in [2.75, 3.05) is 9.80 Å². The molecule has 0 saturated heterocycles. The van der Waals surface area contributed by atoms with E-state index in [1.807, 2.05) is 6.07 Å². The third kappa shape index (κ3) is 11.9. The number of fused-ring (bicyclic) bond motifs is 23. The topological polar surface area (TPSA) is 76.7 Å². The van der Waals surface area contributed by atoms with Gasteiger partial charge in [-0.1, -0.05) is 299 Å². The molecule has 1 aliphatic carbocycles. The lowest BCUT2D eigenvalue weighted by molar-refractivity contribution is 0.660. The van der Waals surface area contributed by atoms with Crippen molar-refractivity contribution in [1.82, 2.24) is 37.9 Å². The number of anilines is 6. The van der Waals surface area contributed by atoms with Crippen molar-refractivity contribution in [2.45, 2.75) is 19.3 Å². The Morgan fingerprint density at radius 2 is 0.551 bits per heavy atom. The first-order valence-corrected chi connectivity index (χ1v) is 43.4. The molecule has 127 heavy (non-hydrogen) atoms. The molecule has 1 aliphatic rings. The second kappa shape index (κ2) is 29.2. The zero-order chi connectivity index (χ0) is 84.0. The Morgan fingerprint density at radius 1 is 0.213 bits per heavy atom. The minimum absolute atomic E-state index is 0.120. The second-order valence-electron chi connectivity index (χ2n) is 33.7. The number of benzene rings is 19. The van der Waals surface area contributed by atoms with Crippen LogP contribution in [0.25, 0.3) is 188 Å². The smallest absolute Gasteiger partial charge is 0.221 e. The van der Waals surface area contributed by atoms with Crippen LogP contribution in [0.15, 0.2) is 437 Å². The van der Waals surface area contributed by atoms with Crippen LogP contribution in [0, 0.1) is 0 Å². The lowest BCUT2D eigenvalue weighted by atomic mass is 9.82. The van der Waals surface area contributed by atoms with Gasteiger partial charge in [0.05, 0.1) is 55.2 Å². The molecule has 25 aromatic rings. The number of aromatic nitrogens is 8. The van der Waals surface area contributed by atoms with Crippen LogP contribution in [0.3, 0.4) is 0 Å². The van der Waals surface area contributed by atoms with Crippen molar-refractivity contribution < 1.29 is 0 Å². The van der Waals surface area contributed by atoms with Gasteiger partial charge < -0.3 is 9.80 Å². The predicted molar refractivity (Wildman–Crippen MR) is 528 cm³/mol. The average Bonchev–Trinajstić information content (AvgIpc) is 1.56. The van der Waals surface area contributed by atoms with Gasteiger partial charge in [-0.05, 0) is 240 Å². The van der Waals surface area contributed by atoms with Crippen LogP contribution >= 0.6 is 0 Å². The molecule has 0 N–H and O–H groups in total. The minimum atomic E-state index is -0.120. The Hall–Kier alpha value is -16.8. The zero-order valence-corrected chi connectivity index (χ0v) is 69.5. The largest absolute Gasteiger partial charge is 0.310 e. The van der Waals surface area contributed by atoms with E-state index >= 15 is 0 Å². The summed E-state index contributed by atoms with van der Waals surface area (Å²) in [5.41, 5.74) is 33.2. The van der Waals surface area contributed by atoms with E-state index in [-0.39, 0.29) is 5.41 Å². The molecule has 596 valence electrons. The van der Waals surface area contributed by atoms with Crippen molar-refractivity contribution in [2.24, 2.45) is 0 Å². The normalized spacial score (nSPS) is 12.4. The summed E-state index contributed by atoms with van der Waals surface area (Å²) < 4.78 is 9.14. The molecule has 0 bridgehead atoms. The molecule has 0 radical (unpaired) electrons. The lowest BCUT2D eigenvalue weighted by Crippen LogP contribution is -2.16. The van der Waals surface area contributed by atoms with Gasteiger partial charge in [-0.25, -0.2) is 19.9 Å². The van der Waals surface area contributed by atoms with E-state index in [2.05, 4.69) is 472 Å². The predicted octanol–water partition coefficient (Wildman–Crippen LogP) is 30.5. The fraction of sp³-hybridized carbons (Fsp3) is 0.0256.